The molecule has 0 saturated carbocycles. The predicted octanol–water partition coefficient (Wildman–Crippen LogP) is 2.19. The number of benzene rings is 1. The fourth-order valence-corrected chi connectivity index (χ4v) is 3.37. The molecule has 0 unspecified atom stereocenters. The Labute approximate surface area is 146 Å². The number of piperidine rings is 1. The predicted molar refractivity (Wildman–Crippen MR) is 97.2 cm³/mol. The number of rotatable bonds is 6. The lowest BCUT2D eigenvalue weighted by Gasteiger charge is -2.26. The topological polar surface area (TPSA) is 92.5 Å². The largest absolute Gasteiger partial charge is 0.492 e. The lowest BCUT2D eigenvalue weighted by Crippen LogP contribution is -2.33. The lowest BCUT2D eigenvalue weighted by atomic mass is 10.1. The van der Waals surface area contributed by atoms with E-state index in [0.717, 1.165) is 17.9 Å². The average molecular weight is 351 g/mol. The molecule has 0 amide bonds. The molecular weight excluding hydrogens is 326 g/mol. The van der Waals surface area contributed by atoms with Crippen molar-refractivity contribution in [2.75, 3.05) is 26.2 Å². The quantitative estimate of drug-likeness (QED) is 0.747. The maximum Gasteiger partial charge on any atom is 0.193 e. The number of carbonyl (C=O) groups excluding carboxylic acids is 1. The van der Waals surface area contributed by atoms with Gasteiger partial charge in [0.2, 0.25) is 0 Å². The molecular formula is C18H25NO4S. The first-order chi connectivity index (χ1) is 10.8. The first-order valence-corrected chi connectivity index (χ1v) is 8.79. The summed E-state index contributed by atoms with van der Waals surface area (Å²) in [6.45, 7) is 4.07. The molecule has 1 aliphatic rings. The highest BCUT2D eigenvalue weighted by atomic mass is 32.1. The van der Waals surface area contributed by atoms with E-state index in [2.05, 4.69) is 4.90 Å². The summed E-state index contributed by atoms with van der Waals surface area (Å²) in [6.07, 6.45) is 3.97. The van der Waals surface area contributed by atoms with Crippen molar-refractivity contribution >= 4 is 17.1 Å². The molecule has 24 heavy (non-hydrogen) atoms. The molecule has 0 bridgehead atoms. The van der Waals surface area contributed by atoms with Gasteiger partial charge in [-0.05, 0) is 61.6 Å². The Morgan fingerprint density at radius 1 is 1.00 bits per heavy atom. The smallest absolute Gasteiger partial charge is 0.193 e. The van der Waals surface area contributed by atoms with E-state index in [1.54, 1.807) is 11.3 Å². The van der Waals surface area contributed by atoms with Crippen LogP contribution in [-0.2, 0) is 0 Å². The van der Waals surface area contributed by atoms with Crippen LogP contribution < -0.4 is 4.74 Å². The van der Waals surface area contributed by atoms with Crippen LogP contribution >= 0.6 is 11.3 Å². The number of hydrogen-bond acceptors (Lipinski definition) is 4. The van der Waals surface area contributed by atoms with Gasteiger partial charge in [0.15, 0.2) is 5.78 Å². The van der Waals surface area contributed by atoms with Gasteiger partial charge in [-0.2, -0.15) is 11.3 Å². The molecule has 0 spiro atoms. The molecule has 1 aliphatic heterocycles. The summed E-state index contributed by atoms with van der Waals surface area (Å²) in [4.78, 5) is 14.7. The normalized spacial score (nSPS) is 14.3. The third-order valence-corrected chi connectivity index (χ3v) is 4.71. The van der Waals surface area contributed by atoms with Gasteiger partial charge >= 0.3 is 0 Å². The van der Waals surface area contributed by atoms with Crippen LogP contribution in [0, 0.1) is 0 Å². The highest BCUT2D eigenvalue weighted by molar-refractivity contribution is 7.08. The highest BCUT2D eigenvalue weighted by Crippen LogP contribution is 2.17. The maximum atomic E-state index is 12.2. The van der Waals surface area contributed by atoms with Gasteiger partial charge in [0.05, 0.1) is 0 Å². The highest BCUT2D eigenvalue weighted by Gasteiger charge is 2.11. The van der Waals surface area contributed by atoms with E-state index in [9.17, 15) is 4.79 Å². The van der Waals surface area contributed by atoms with Crippen molar-refractivity contribution in [2.45, 2.75) is 19.3 Å². The zero-order valence-corrected chi connectivity index (χ0v) is 14.5. The van der Waals surface area contributed by atoms with Crippen molar-refractivity contribution in [3.8, 4) is 5.75 Å². The van der Waals surface area contributed by atoms with E-state index in [-0.39, 0.29) is 16.7 Å². The van der Waals surface area contributed by atoms with Gasteiger partial charge in [0.25, 0.3) is 0 Å². The second-order valence-electron chi connectivity index (χ2n) is 5.62. The summed E-state index contributed by atoms with van der Waals surface area (Å²) < 4.78 is 5.78. The molecule has 1 aromatic carbocycles. The minimum Gasteiger partial charge on any atom is -0.492 e. The van der Waals surface area contributed by atoms with E-state index in [1.807, 2.05) is 41.1 Å². The molecule has 4 N–H and O–H groups in total. The number of likely N-dealkylation sites (tertiary alicyclic amines) is 1. The molecule has 1 saturated heterocycles. The van der Waals surface area contributed by atoms with Crippen LogP contribution in [0.2, 0.25) is 0 Å². The number of hydrogen-bond donors (Lipinski definition) is 0. The van der Waals surface area contributed by atoms with Crippen LogP contribution in [0.3, 0.4) is 0 Å². The molecule has 132 valence electrons. The second-order valence-corrected chi connectivity index (χ2v) is 6.40. The summed E-state index contributed by atoms with van der Waals surface area (Å²) in [7, 11) is 0. The van der Waals surface area contributed by atoms with Gasteiger partial charge in [0, 0.05) is 23.1 Å². The Morgan fingerprint density at radius 2 is 1.71 bits per heavy atom. The van der Waals surface area contributed by atoms with Crippen LogP contribution in [-0.4, -0.2) is 47.9 Å². The Morgan fingerprint density at radius 3 is 2.33 bits per heavy atom. The van der Waals surface area contributed by atoms with Gasteiger partial charge < -0.3 is 15.7 Å². The standard InChI is InChI=1S/C18H21NO2S.2H2O/c20-18(16-8-13-22-14-16)15-4-6-17(7-5-15)21-12-11-19-9-2-1-3-10-19;;/h4-8,13-14H,1-3,9-12H2;2*1H2. The molecule has 6 heteroatoms. The number of ether oxygens (including phenoxy) is 1. The van der Waals surface area contributed by atoms with Crippen LogP contribution in [0.15, 0.2) is 41.1 Å². The van der Waals surface area contributed by atoms with Crippen molar-refractivity contribution in [1.29, 1.82) is 0 Å². The molecule has 2 heterocycles. The first-order valence-electron chi connectivity index (χ1n) is 7.85. The zero-order valence-electron chi connectivity index (χ0n) is 13.7. The number of carbonyl (C=O) groups is 1. The van der Waals surface area contributed by atoms with E-state index in [1.165, 1.54) is 32.4 Å². The van der Waals surface area contributed by atoms with E-state index in [0.29, 0.717) is 12.2 Å². The summed E-state index contributed by atoms with van der Waals surface area (Å²) in [5.74, 6) is 0.903. The Hall–Kier alpha value is -1.73. The zero-order chi connectivity index (χ0) is 15.2. The van der Waals surface area contributed by atoms with E-state index in [4.69, 9.17) is 4.74 Å². The van der Waals surface area contributed by atoms with Crippen LogP contribution in [0.1, 0.15) is 35.2 Å². The van der Waals surface area contributed by atoms with Gasteiger partial charge in [-0.15, -0.1) is 0 Å². The van der Waals surface area contributed by atoms with Crippen molar-refractivity contribution in [2.24, 2.45) is 0 Å². The summed E-state index contributed by atoms with van der Waals surface area (Å²) in [6, 6.07) is 9.31. The van der Waals surface area contributed by atoms with Gasteiger partial charge in [-0.25, -0.2) is 0 Å². The van der Waals surface area contributed by atoms with E-state index < -0.39 is 0 Å². The summed E-state index contributed by atoms with van der Waals surface area (Å²) in [5, 5.41) is 3.80. The first kappa shape index (κ1) is 20.3. The fourth-order valence-electron chi connectivity index (χ4n) is 2.74. The Kier molecular flexibility index (Phi) is 8.63. The summed E-state index contributed by atoms with van der Waals surface area (Å²) >= 11 is 1.54. The summed E-state index contributed by atoms with van der Waals surface area (Å²) in [5.41, 5.74) is 1.46. The van der Waals surface area contributed by atoms with Crippen molar-refractivity contribution < 1.29 is 20.5 Å². The Bertz CT molecular complexity index is 592. The molecule has 0 atom stereocenters. The number of nitrogens with zero attached hydrogens (tertiary/aromatic N) is 1. The molecule has 2 aromatic rings. The molecule has 1 aromatic heterocycles. The molecule has 0 radical (unpaired) electrons. The van der Waals surface area contributed by atoms with Crippen LogP contribution in [0.25, 0.3) is 0 Å². The second kappa shape index (κ2) is 10.2. The maximum absolute atomic E-state index is 12.2. The minimum absolute atomic E-state index is 0. The third kappa shape index (κ3) is 5.42. The van der Waals surface area contributed by atoms with E-state index >= 15 is 0 Å². The molecule has 1 fully saturated rings. The monoisotopic (exact) mass is 351 g/mol. The fraction of sp³-hybridized carbons (Fsp3) is 0.389. The van der Waals surface area contributed by atoms with Gasteiger partial charge in [0.1, 0.15) is 12.4 Å². The molecule has 5 nitrogen and oxygen atoms in total. The minimum atomic E-state index is 0. The average Bonchev–Trinajstić information content (AvgIpc) is 3.10. The van der Waals surface area contributed by atoms with Crippen LogP contribution in [0.4, 0.5) is 0 Å². The van der Waals surface area contributed by atoms with Crippen molar-refractivity contribution in [3.05, 3.63) is 52.2 Å². The lowest BCUT2D eigenvalue weighted by molar-refractivity contribution is 0.103. The van der Waals surface area contributed by atoms with Crippen LogP contribution in [0.5, 0.6) is 5.75 Å². The molecule has 0 aliphatic carbocycles. The Balaban J connectivity index is 0.00000144. The molecule has 3 rings (SSSR count). The number of ketones is 1. The third-order valence-electron chi connectivity index (χ3n) is 4.02. The van der Waals surface area contributed by atoms with Crippen molar-refractivity contribution in [3.63, 3.8) is 0 Å². The number of thiophene rings is 1. The SMILES string of the molecule is O.O.O=C(c1ccc(OCCN2CCCCC2)cc1)c1ccsc1. The van der Waals surface area contributed by atoms with Gasteiger partial charge in [-0.1, -0.05) is 6.42 Å². The van der Waals surface area contributed by atoms with Crippen molar-refractivity contribution in [1.82, 2.24) is 4.90 Å². The van der Waals surface area contributed by atoms with Gasteiger partial charge in [-0.3, -0.25) is 9.69 Å².